The molecule has 0 aromatic carbocycles. The molecule has 0 amide bonds. The lowest BCUT2D eigenvalue weighted by molar-refractivity contribution is -0.119. The van der Waals surface area contributed by atoms with Crippen molar-refractivity contribution in [3.63, 3.8) is 0 Å². The predicted molar refractivity (Wildman–Crippen MR) is 55.1 cm³/mol. The molecule has 1 N–H and O–H groups in total. The number of halogens is 1. The van der Waals surface area contributed by atoms with E-state index in [1.807, 2.05) is 0 Å². The third kappa shape index (κ3) is 9.84. The molecule has 0 saturated heterocycles. The predicted octanol–water partition coefficient (Wildman–Crippen LogP) is 2.52. The van der Waals surface area contributed by atoms with E-state index in [4.69, 9.17) is 16.7 Å². The molecule has 0 aromatic rings. The molecular weight excluding hydrogens is 188 g/mol. The summed E-state index contributed by atoms with van der Waals surface area (Å²) in [4.78, 5) is 11.2. The van der Waals surface area contributed by atoms with Crippen LogP contribution >= 0.6 is 11.6 Å². The molecule has 0 rings (SSSR count). The molecule has 0 aliphatic carbocycles. The van der Waals surface area contributed by atoms with Gasteiger partial charge in [-0.05, 0) is 32.6 Å². The average Bonchev–Trinajstić information content (AvgIpc) is 2.04. The van der Waals surface area contributed by atoms with Crippen molar-refractivity contribution >= 4 is 17.4 Å². The first-order valence-electron chi connectivity index (χ1n) is 4.92. The molecule has 1 unspecified atom stereocenters. The summed E-state index contributed by atoms with van der Waals surface area (Å²) < 4.78 is 0. The van der Waals surface area contributed by atoms with E-state index >= 15 is 0 Å². The average molecular weight is 207 g/mol. The lowest BCUT2D eigenvalue weighted by Gasteiger charge is -2.02. The molecule has 0 spiro atoms. The highest BCUT2D eigenvalue weighted by Crippen LogP contribution is 2.05. The number of rotatable bonds is 8. The van der Waals surface area contributed by atoms with Gasteiger partial charge >= 0.3 is 0 Å². The van der Waals surface area contributed by atoms with E-state index in [0.29, 0.717) is 24.5 Å². The smallest absolute Gasteiger partial charge is 0.132 e. The topological polar surface area (TPSA) is 37.3 Å². The van der Waals surface area contributed by atoms with Crippen molar-refractivity contribution < 1.29 is 9.90 Å². The van der Waals surface area contributed by atoms with E-state index < -0.39 is 0 Å². The second kappa shape index (κ2) is 8.52. The maximum absolute atomic E-state index is 11.2. The van der Waals surface area contributed by atoms with Crippen LogP contribution in [0.25, 0.3) is 0 Å². The number of carbonyl (C=O) groups is 1. The van der Waals surface area contributed by atoms with Crippen molar-refractivity contribution in [2.45, 2.75) is 51.6 Å². The van der Waals surface area contributed by atoms with Gasteiger partial charge in [-0.3, -0.25) is 4.79 Å². The Labute approximate surface area is 85.3 Å². The number of unbranched alkanes of at least 4 members (excludes halogenated alkanes) is 1. The lowest BCUT2D eigenvalue weighted by Crippen LogP contribution is -2.03. The third-order valence-electron chi connectivity index (χ3n) is 1.92. The number of alkyl halides is 1. The molecule has 1 atom stereocenters. The van der Waals surface area contributed by atoms with Crippen molar-refractivity contribution in [1.29, 1.82) is 0 Å². The fourth-order valence-corrected chi connectivity index (χ4v) is 1.33. The van der Waals surface area contributed by atoms with Crippen LogP contribution in [0.1, 0.15) is 45.4 Å². The first-order chi connectivity index (χ1) is 6.16. The summed E-state index contributed by atoms with van der Waals surface area (Å²) in [6.45, 7) is 1.75. The van der Waals surface area contributed by atoms with Gasteiger partial charge in [0.2, 0.25) is 0 Å². The number of hydrogen-bond acceptors (Lipinski definition) is 2. The highest BCUT2D eigenvalue weighted by atomic mass is 35.5. The number of aliphatic hydroxyl groups is 1. The zero-order valence-corrected chi connectivity index (χ0v) is 9.02. The SMILES string of the molecule is CC(O)CCCC(=O)CCCCCl. The van der Waals surface area contributed by atoms with Crippen LogP contribution in [0.15, 0.2) is 0 Å². The minimum absolute atomic E-state index is 0.282. The molecular formula is C10H19ClO2. The van der Waals surface area contributed by atoms with Crippen LogP contribution in [0.5, 0.6) is 0 Å². The summed E-state index contributed by atoms with van der Waals surface area (Å²) >= 11 is 5.49. The Balaban J connectivity index is 3.20. The maximum atomic E-state index is 11.2. The normalized spacial score (nSPS) is 12.8. The number of hydrogen-bond donors (Lipinski definition) is 1. The molecule has 0 fully saturated rings. The Kier molecular flexibility index (Phi) is 8.46. The zero-order valence-electron chi connectivity index (χ0n) is 8.26. The maximum Gasteiger partial charge on any atom is 0.132 e. The minimum atomic E-state index is -0.282. The van der Waals surface area contributed by atoms with Gasteiger partial charge in [0, 0.05) is 18.7 Å². The Morgan fingerprint density at radius 2 is 1.92 bits per heavy atom. The Bertz CT molecular complexity index is 135. The summed E-state index contributed by atoms with van der Waals surface area (Å²) in [5.74, 6) is 0.937. The monoisotopic (exact) mass is 206 g/mol. The molecule has 0 aliphatic heterocycles. The Morgan fingerprint density at radius 3 is 2.46 bits per heavy atom. The van der Waals surface area contributed by atoms with Gasteiger partial charge in [-0.1, -0.05) is 0 Å². The molecule has 0 radical (unpaired) electrons. The second-order valence-electron chi connectivity index (χ2n) is 3.43. The fraction of sp³-hybridized carbons (Fsp3) is 0.900. The van der Waals surface area contributed by atoms with Gasteiger partial charge in [-0.15, -0.1) is 11.6 Å². The molecule has 0 aliphatic rings. The molecule has 0 bridgehead atoms. The molecule has 3 heteroatoms. The van der Waals surface area contributed by atoms with E-state index in [9.17, 15) is 4.79 Å². The van der Waals surface area contributed by atoms with Crippen LogP contribution in [0.4, 0.5) is 0 Å². The van der Waals surface area contributed by atoms with Crippen LogP contribution < -0.4 is 0 Å². The number of aliphatic hydroxyl groups excluding tert-OH is 1. The number of carbonyl (C=O) groups excluding carboxylic acids is 1. The van der Waals surface area contributed by atoms with Crippen LogP contribution in [0.2, 0.25) is 0 Å². The summed E-state index contributed by atoms with van der Waals surface area (Å²) in [5.41, 5.74) is 0. The Hall–Kier alpha value is -0.0800. The standard InChI is InChI=1S/C10H19ClO2/c1-9(12)5-4-7-10(13)6-2-3-8-11/h9,12H,2-8H2,1H3. The van der Waals surface area contributed by atoms with Gasteiger partial charge in [0.15, 0.2) is 0 Å². The van der Waals surface area contributed by atoms with Crippen LogP contribution in [-0.4, -0.2) is 22.9 Å². The van der Waals surface area contributed by atoms with E-state index in [1.54, 1.807) is 6.92 Å². The third-order valence-corrected chi connectivity index (χ3v) is 2.18. The summed E-state index contributed by atoms with van der Waals surface area (Å²) in [5, 5.41) is 8.95. The van der Waals surface area contributed by atoms with Crippen molar-refractivity contribution in [3.05, 3.63) is 0 Å². The highest BCUT2D eigenvalue weighted by molar-refractivity contribution is 6.17. The van der Waals surface area contributed by atoms with E-state index in [0.717, 1.165) is 25.7 Å². The van der Waals surface area contributed by atoms with E-state index in [1.165, 1.54) is 0 Å². The van der Waals surface area contributed by atoms with Crippen molar-refractivity contribution in [3.8, 4) is 0 Å². The molecule has 0 saturated carbocycles. The van der Waals surface area contributed by atoms with Gasteiger partial charge in [0.05, 0.1) is 6.10 Å². The quantitative estimate of drug-likeness (QED) is 0.490. The van der Waals surface area contributed by atoms with E-state index in [2.05, 4.69) is 0 Å². The lowest BCUT2D eigenvalue weighted by atomic mass is 10.1. The van der Waals surface area contributed by atoms with Gasteiger partial charge in [0.25, 0.3) is 0 Å². The van der Waals surface area contributed by atoms with E-state index in [-0.39, 0.29) is 6.10 Å². The van der Waals surface area contributed by atoms with Gasteiger partial charge in [-0.2, -0.15) is 0 Å². The Morgan fingerprint density at radius 1 is 1.31 bits per heavy atom. The van der Waals surface area contributed by atoms with Crippen molar-refractivity contribution in [1.82, 2.24) is 0 Å². The van der Waals surface area contributed by atoms with Gasteiger partial charge < -0.3 is 5.11 Å². The summed E-state index contributed by atoms with van der Waals surface area (Å²) in [6.07, 6.45) is 4.31. The number of Topliss-reactive ketones (excluding diaryl/α,β-unsaturated/α-hetero) is 1. The molecule has 0 aromatic heterocycles. The second-order valence-corrected chi connectivity index (χ2v) is 3.80. The van der Waals surface area contributed by atoms with Crippen LogP contribution in [-0.2, 0) is 4.79 Å². The van der Waals surface area contributed by atoms with Crippen molar-refractivity contribution in [2.24, 2.45) is 0 Å². The minimum Gasteiger partial charge on any atom is -0.393 e. The van der Waals surface area contributed by atoms with Gasteiger partial charge in [-0.25, -0.2) is 0 Å². The molecule has 13 heavy (non-hydrogen) atoms. The van der Waals surface area contributed by atoms with Crippen molar-refractivity contribution in [2.75, 3.05) is 5.88 Å². The van der Waals surface area contributed by atoms with Crippen LogP contribution in [0, 0.1) is 0 Å². The van der Waals surface area contributed by atoms with Crippen LogP contribution in [0.3, 0.4) is 0 Å². The summed E-state index contributed by atoms with van der Waals surface area (Å²) in [6, 6.07) is 0. The molecule has 2 nitrogen and oxygen atoms in total. The zero-order chi connectivity index (χ0) is 10.1. The summed E-state index contributed by atoms with van der Waals surface area (Å²) in [7, 11) is 0. The fourth-order valence-electron chi connectivity index (χ4n) is 1.14. The molecule has 78 valence electrons. The largest absolute Gasteiger partial charge is 0.393 e. The number of ketones is 1. The highest BCUT2D eigenvalue weighted by Gasteiger charge is 2.02. The van der Waals surface area contributed by atoms with Gasteiger partial charge in [0.1, 0.15) is 5.78 Å². The molecule has 0 heterocycles. The first-order valence-corrected chi connectivity index (χ1v) is 5.46. The first kappa shape index (κ1) is 12.9.